The molecule has 0 aliphatic carbocycles. The number of carbonyl (C=O) groups excluding carboxylic acids is 1. The molecule has 1 aliphatic heterocycles. The van der Waals surface area contributed by atoms with Crippen LogP contribution in [0.1, 0.15) is 16.8 Å². The molecule has 2 heterocycles. The van der Waals surface area contributed by atoms with Crippen molar-refractivity contribution >= 4 is 44.7 Å². The fourth-order valence-corrected chi connectivity index (χ4v) is 4.66. The molecule has 0 radical (unpaired) electrons. The minimum atomic E-state index is -3.36. The first-order valence-corrected chi connectivity index (χ1v) is 10.0. The van der Waals surface area contributed by atoms with Gasteiger partial charge in [0.25, 0.3) is 5.91 Å². The van der Waals surface area contributed by atoms with Gasteiger partial charge in [-0.15, -0.1) is 0 Å². The number of nitrogens with zero attached hydrogens (tertiary/aromatic N) is 3. The quantitative estimate of drug-likeness (QED) is 0.861. The summed E-state index contributed by atoms with van der Waals surface area (Å²) in [5.41, 5.74) is 1.26. The first-order chi connectivity index (χ1) is 12.3. The Morgan fingerprint density at radius 3 is 2.73 bits per heavy atom. The van der Waals surface area contributed by atoms with Gasteiger partial charge in [0.1, 0.15) is 5.82 Å². The Morgan fingerprint density at radius 2 is 2.08 bits per heavy atom. The lowest BCUT2D eigenvalue weighted by atomic mass is 10.2. The summed E-state index contributed by atoms with van der Waals surface area (Å²) in [6, 6.07) is 8.16. The van der Waals surface area contributed by atoms with E-state index >= 15 is 0 Å². The molecule has 1 N–H and O–H groups in total. The van der Waals surface area contributed by atoms with Gasteiger partial charge in [-0.2, -0.15) is 0 Å². The van der Waals surface area contributed by atoms with E-state index in [0.29, 0.717) is 40.7 Å². The molecule has 0 spiro atoms. The summed E-state index contributed by atoms with van der Waals surface area (Å²) in [5, 5.41) is 3.11. The molecule has 7 nitrogen and oxygen atoms in total. The Kier molecular flexibility index (Phi) is 5.06. The van der Waals surface area contributed by atoms with Crippen LogP contribution in [0, 0.1) is 0 Å². The van der Waals surface area contributed by atoms with Crippen molar-refractivity contribution in [3.05, 3.63) is 47.1 Å². The molecule has 1 amide bonds. The highest BCUT2D eigenvalue weighted by atomic mass is 35.5. The SMILES string of the molecule is CN(C)c1ncccc1C(=O)Nc1ccc(Cl)c(N2CCCS2(=O)=O)c1. The number of sulfonamides is 1. The van der Waals surface area contributed by atoms with E-state index in [2.05, 4.69) is 10.3 Å². The summed E-state index contributed by atoms with van der Waals surface area (Å²) < 4.78 is 25.6. The number of amides is 1. The number of pyridine rings is 1. The number of hydrogen-bond acceptors (Lipinski definition) is 5. The maximum atomic E-state index is 12.6. The van der Waals surface area contributed by atoms with Crippen LogP contribution in [0.5, 0.6) is 0 Å². The van der Waals surface area contributed by atoms with E-state index in [1.807, 2.05) is 0 Å². The van der Waals surface area contributed by atoms with Crippen LogP contribution in [0.15, 0.2) is 36.5 Å². The van der Waals surface area contributed by atoms with Crippen LogP contribution < -0.4 is 14.5 Å². The van der Waals surface area contributed by atoms with Gasteiger partial charge in [-0.05, 0) is 36.8 Å². The van der Waals surface area contributed by atoms with E-state index in [4.69, 9.17) is 11.6 Å². The molecule has 138 valence electrons. The van der Waals surface area contributed by atoms with Gasteiger partial charge >= 0.3 is 0 Å². The number of rotatable bonds is 4. The molecule has 1 aliphatic rings. The largest absolute Gasteiger partial charge is 0.362 e. The van der Waals surface area contributed by atoms with Crippen LogP contribution in [0.4, 0.5) is 17.2 Å². The van der Waals surface area contributed by atoms with Crippen LogP contribution >= 0.6 is 11.6 Å². The number of anilines is 3. The van der Waals surface area contributed by atoms with Gasteiger partial charge in [-0.3, -0.25) is 9.10 Å². The highest BCUT2D eigenvalue weighted by Gasteiger charge is 2.30. The molecular formula is C17H19ClN4O3S. The lowest BCUT2D eigenvalue weighted by molar-refractivity contribution is 0.102. The number of carbonyl (C=O) groups is 1. The fraction of sp³-hybridized carbons (Fsp3) is 0.294. The molecule has 3 rings (SSSR count). The van der Waals surface area contributed by atoms with E-state index < -0.39 is 10.0 Å². The van der Waals surface area contributed by atoms with Crippen molar-refractivity contribution in [1.82, 2.24) is 4.98 Å². The average Bonchev–Trinajstić information content (AvgIpc) is 2.95. The molecular weight excluding hydrogens is 376 g/mol. The van der Waals surface area contributed by atoms with Crippen LogP contribution in [0.2, 0.25) is 5.02 Å². The second-order valence-corrected chi connectivity index (χ2v) is 8.55. The van der Waals surface area contributed by atoms with Gasteiger partial charge in [-0.1, -0.05) is 11.6 Å². The Bertz CT molecular complexity index is 947. The first-order valence-electron chi connectivity index (χ1n) is 8.03. The maximum absolute atomic E-state index is 12.6. The van der Waals surface area contributed by atoms with Crippen LogP contribution in [-0.4, -0.2) is 45.7 Å². The number of benzene rings is 1. The Balaban J connectivity index is 1.90. The van der Waals surface area contributed by atoms with Crippen molar-refractivity contribution in [2.24, 2.45) is 0 Å². The van der Waals surface area contributed by atoms with E-state index in [0.717, 1.165) is 0 Å². The van der Waals surface area contributed by atoms with Gasteiger partial charge in [0, 0.05) is 32.5 Å². The van der Waals surface area contributed by atoms with Gasteiger partial charge in [-0.25, -0.2) is 13.4 Å². The highest BCUT2D eigenvalue weighted by molar-refractivity contribution is 7.93. The smallest absolute Gasteiger partial charge is 0.259 e. The van der Waals surface area contributed by atoms with Gasteiger partial charge in [0.15, 0.2) is 0 Å². The van der Waals surface area contributed by atoms with Crippen molar-refractivity contribution < 1.29 is 13.2 Å². The molecule has 1 aromatic carbocycles. The Labute approximate surface area is 157 Å². The van der Waals surface area contributed by atoms with E-state index in [-0.39, 0.29) is 11.7 Å². The second kappa shape index (κ2) is 7.13. The van der Waals surface area contributed by atoms with Crippen molar-refractivity contribution in [2.75, 3.05) is 40.9 Å². The number of halogens is 1. The average molecular weight is 395 g/mol. The molecule has 9 heteroatoms. The van der Waals surface area contributed by atoms with Crippen LogP contribution in [0.25, 0.3) is 0 Å². The van der Waals surface area contributed by atoms with Gasteiger partial charge in [0.05, 0.1) is 22.0 Å². The number of nitrogens with one attached hydrogen (secondary N) is 1. The predicted molar refractivity (Wildman–Crippen MR) is 104 cm³/mol. The fourth-order valence-electron chi connectivity index (χ4n) is 2.82. The minimum absolute atomic E-state index is 0.0990. The Morgan fingerprint density at radius 1 is 1.31 bits per heavy atom. The Hall–Kier alpha value is -2.32. The van der Waals surface area contributed by atoms with Crippen molar-refractivity contribution in [2.45, 2.75) is 6.42 Å². The number of aromatic nitrogens is 1. The summed E-state index contributed by atoms with van der Waals surface area (Å²) in [6.45, 7) is 0.382. The van der Waals surface area contributed by atoms with Crippen molar-refractivity contribution in [1.29, 1.82) is 0 Å². The zero-order chi connectivity index (χ0) is 18.9. The first kappa shape index (κ1) is 18.5. The molecule has 1 aromatic heterocycles. The molecule has 0 saturated carbocycles. The van der Waals surface area contributed by atoms with Crippen LogP contribution in [-0.2, 0) is 10.0 Å². The summed E-state index contributed by atoms with van der Waals surface area (Å²) in [7, 11) is 0.248. The molecule has 1 saturated heterocycles. The highest BCUT2D eigenvalue weighted by Crippen LogP contribution is 2.33. The molecule has 1 fully saturated rings. The standard InChI is InChI=1S/C17H19ClN4O3S/c1-21(2)16-13(5-3-8-19-16)17(23)20-12-6-7-14(18)15(11-12)22-9-4-10-26(22,24)25/h3,5-8,11H,4,9-10H2,1-2H3,(H,20,23). The molecule has 26 heavy (non-hydrogen) atoms. The van der Waals surface area contributed by atoms with Crippen molar-refractivity contribution in [3.8, 4) is 0 Å². The van der Waals surface area contributed by atoms with E-state index in [9.17, 15) is 13.2 Å². The topological polar surface area (TPSA) is 82.6 Å². The van der Waals surface area contributed by atoms with Gasteiger partial charge in [0.2, 0.25) is 10.0 Å². The third kappa shape index (κ3) is 3.61. The minimum Gasteiger partial charge on any atom is -0.362 e. The van der Waals surface area contributed by atoms with Gasteiger partial charge < -0.3 is 10.2 Å². The predicted octanol–water partition coefficient (Wildman–Crippen LogP) is 2.59. The summed E-state index contributed by atoms with van der Waals surface area (Å²) in [6.07, 6.45) is 2.17. The van der Waals surface area contributed by atoms with E-state index in [1.165, 1.54) is 4.31 Å². The molecule has 0 bridgehead atoms. The van der Waals surface area contributed by atoms with Crippen LogP contribution in [0.3, 0.4) is 0 Å². The molecule has 0 unspecified atom stereocenters. The third-order valence-corrected chi connectivity index (χ3v) is 6.20. The zero-order valence-corrected chi connectivity index (χ0v) is 16.0. The lowest BCUT2D eigenvalue weighted by Crippen LogP contribution is -2.25. The van der Waals surface area contributed by atoms with E-state index in [1.54, 1.807) is 55.5 Å². The maximum Gasteiger partial charge on any atom is 0.259 e. The monoisotopic (exact) mass is 394 g/mol. The summed E-state index contributed by atoms with van der Waals surface area (Å²) >= 11 is 6.19. The second-order valence-electron chi connectivity index (χ2n) is 6.13. The summed E-state index contributed by atoms with van der Waals surface area (Å²) in [5.74, 6) is 0.308. The zero-order valence-electron chi connectivity index (χ0n) is 14.4. The normalized spacial score (nSPS) is 15.7. The summed E-state index contributed by atoms with van der Waals surface area (Å²) in [4.78, 5) is 18.6. The lowest BCUT2D eigenvalue weighted by Gasteiger charge is -2.20. The van der Waals surface area contributed by atoms with Crippen molar-refractivity contribution in [3.63, 3.8) is 0 Å². The third-order valence-electron chi connectivity index (χ3n) is 4.03. The number of hydrogen-bond donors (Lipinski definition) is 1. The molecule has 0 atom stereocenters. The molecule has 2 aromatic rings.